The van der Waals surface area contributed by atoms with Crippen LogP contribution in [0.5, 0.6) is 5.75 Å². The van der Waals surface area contributed by atoms with Gasteiger partial charge in [-0.05, 0) is 19.1 Å². The Hall–Kier alpha value is -1.46. The smallest absolute Gasteiger partial charge is 0.263 e. The van der Waals surface area contributed by atoms with Crippen molar-refractivity contribution in [2.45, 2.75) is 18.4 Å². The lowest BCUT2D eigenvalue weighted by Crippen LogP contribution is -1.96. The van der Waals surface area contributed by atoms with E-state index in [1.54, 1.807) is 16.7 Å². The molecule has 19 heavy (non-hydrogen) atoms. The number of nitrogens with zero attached hydrogens (tertiary/aromatic N) is 1. The number of allylic oxidation sites excluding steroid dienone is 1. The van der Waals surface area contributed by atoms with Crippen molar-refractivity contribution in [1.82, 2.24) is 4.57 Å². The number of fused-ring (bicyclic) bond motifs is 1. The summed E-state index contributed by atoms with van der Waals surface area (Å²) in [6.45, 7) is 6.24. The van der Waals surface area contributed by atoms with Crippen molar-refractivity contribution in [1.29, 1.82) is 0 Å². The summed E-state index contributed by atoms with van der Waals surface area (Å²) < 4.78 is 30.4. The average molecular weight is 300 g/mol. The van der Waals surface area contributed by atoms with Gasteiger partial charge in [0, 0.05) is 23.4 Å². The number of hydrogen-bond donors (Lipinski definition) is 0. The second-order valence-corrected chi connectivity index (χ2v) is 6.90. The Morgan fingerprint density at radius 1 is 1.47 bits per heavy atom. The van der Waals surface area contributed by atoms with E-state index in [2.05, 4.69) is 6.58 Å². The van der Waals surface area contributed by atoms with Gasteiger partial charge in [-0.3, -0.25) is 0 Å². The Bertz CT molecular complexity index is 747. The van der Waals surface area contributed by atoms with E-state index >= 15 is 0 Å². The van der Waals surface area contributed by atoms with E-state index in [1.807, 2.05) is 13.0 Å². The van der Waals surface area contributed by atoms with Gasteiger partial charge < -0.3 is 9.30 Å². The molecule has 0 N–H and O–H groups in total. The molecule has 0 bridgehead atoms. The van der Waals surface area contributed by atoms with Gasteiger partial charge in [0.1, 0.15) is 10.6 Å². The fraction of sp³-hybridized carbons (Fsp3) is 0.231. The summed E-state index contributed by atoms with van der Waals surface area (Å²) in [5.41, 5.74) is 1.67. The Balaban J connectivity index is 2.85. The molecule has 0 fully saturated rings. The maximum atomic E-state index is 11.7. The molecule has 1 aromatic carbocycles. The first-order valence-corrected chi connectivity index (χ1v) is 7.90. The van der Waals surface area contributed by atoms with Crippen LogP contribution in [0.3, 0.4) is 0 Å². The highest BCUT2D eigenvalue weighted by molar-refractivity contribution is 8.14. The molecule has 0 radical (unpaired) electrons. The summed E-state index contributed by atoms with van der Waals surface area (Å²) in [7, 11) is 3.16. The normalized spacial score (nSPS) is 11.7. The van der Waals surface area contributed by atoms with Crippen LogP contribution in [0.2, 0.25) is 0 Å². The lowest BCUT2D eigenvalue weighted by Gasteiger charge is -2.06. The molecule has 102 valence electrons. The third-order valence-electron chi connectivity index (χ3n) is 2.76. The number of hydrogen-bond acceptors (Lipinski definition) is 3. The molecule has 6 heteroatoms. The second kappa shape index (κ2) is 4.90. The Kier molecular flexibility index (Phi) is 3.60. The minimum Gasteiger partial charge on any atom is -0.496 e. The SMILES string of the molecule is C=C(C)Cn1cc(S(=O)(=O)Cl)c2c(OC)cccc21. The van der Waals surface area contributed by atoms with E-state index in [1.165, 1.54) is 13.3 Å². The van der Waals surface area contributed by atoms with E-state index < -0.39 is 9.05 Å². The molecule has 2 rings (SSSR count). The maximum absolute atomic E-state index is 11.7. The van der Waals surface area contributed by atoms with E-state index in [9.17, 15) is 8.42 Å². The van der Waals surface area contributed by atoms with Crippen molar-refractivity contribution < 1.29 is 13.2 Å². The zero-order valence-electron chi connectivity index (χ0n) is 10.7. The monoisotopic (exact) mass is 299 g/mol. The van der Waals surface area contributed by atoms with E-state index in [0.717, 1.165) is 11.1 Å². The van der Waals surface area contributed by atoms with Gasteiger partial charge in [-0.2, -0.15) is 0 Å². The third-order valence-corrected chi connectivity index (χ3v) is 4.09. The molecule has 1 heterocycles. The van der Waals surface area contributed by atoms with Crippen molar-refractivity contribution >= 4 is 30.6 Å². The molecule has 0 atom stereocenters. The standard InChI is InChI=1S/C13H14ClNO3S/c1-9(2)7-15-8-12(19(14,16)17)13-10(15)5-4-6-11(13)18-3/h4-6,8H,1,7H2,2-3H3. The lowest BCUT2D eigenvalue weighted by atomic mass is 10.2. The van der Waals surface area contributed by atoms with Gasteiger partial charge in [-0.1, -0.05) is 18.2 Å². The van der Waals surface area contributed by atoms with Crippen molar-refractivity contribution in [2.24, 2.45) is 0 Å². The largest absolute Gasteiger partial charge is 0.496 e. The predicted octanol–water partition coefficient (Wildman–Crippen LogP) is 3.15. The summed E-state index contributed by atoms with van der Waals surface area (Å²) >= 11 is 0. The molecule has 1 aromatic heterocycles. The number of benzene rings is 1. The highest BCUT2D eigenvalue weighted by Crippen LogP contribution is 2.35. The number of aromatic nitrogens is 1. The summed E-state index contributed by atoms with van der Waals surface area (Å²) in [6.07, 6.45) is 1.52. The molecule has 0 spiro atoms. The molecular weight excluding hydrogens is 286 g/mol. The molecule has 0 unspecified atom stereocenters. The Labute approximate surface area is 116 Å². The molecule has 0 aliphatic carbocycles. The topological polar surface area (TPSA) is 48.3 Å². The quantitative estimate of drug-likeness (QED) is 0.643. The van der Waals surface area contributed by atoms with E-state index in [4.69, 9.17) is 15.4 Å². The first-order valence-electron chi connectivity index (χ1n) is 5.59. The third kappa shape index (κ3) is 2.62. The minimum absolute atomic E-state index is 0.0582. The van der Waals surface area contributed by atoms with Gasteiger partial charge in [0.2, 0.25) is 0 Å². The van der Waals surface area contributed by atoms with Crippen molar-refractivity contribution in [3.8, 4) is 5.75 Å². The summed E-state index contributed by atoms with van der Waals surface area (Å²) in [5, 5.41) is 0.501. The fourth-order valence-corrected chi connectivity index (χ4v) is 3.11. The van der Waals surface area contributed by atoms with Gasteiger partial charge >= 0.3 is 0 Å². The summed E-state index contributed by atoms with van der Waals surface area (Å²) in [6, 6.07) is 5.34. The predicted molar refractivity (Wildman–Crippen MR) is 76.3 cm³/mol. The van der Waals surface area contributed by atoms with Crippen LogP contribution in [-0.2, 0) is 15.6 Å². The Morgan fingerprint density at radius 3 is 2.68 bits per heavy atom. The van der Waals surface area contributed by atoms with Gasteiger partial charge in [0.25, 0.3) is 9.05 Å². The molecule has 0 amide bonds. The van der Waals surface area contributed by atoms with Crippen LogP contribution in [0.25, 0.3) is 10.9 Å². The molecule has 2 aromatic rings. The highest BCUT2D eigenvalue weighted by atomic mass is 35.7. The van der Waals surface area contributed by atoms with E-state index in [0.29, 0.717) is 17.7 Å². The van der Waals surface area contributed by atoms with Crippen LogP contribution in [0.15, 0.2) is 41.4 Å². The van der Waals surface area contributed by atoms with Gasteiger partial charge in [-0.25, -0.2) is 8.42 Å². The number of halogens is 1. The second-order valence-electron chi connectivity index (χ2n) is 4.37. The van der Waals surface area contributed by atoms with Crippen molar-refractivity contribution in [3.05, 3.63) is 36.5 Å². The van der Waals surface area contributed by atoms with Crippen LogP contribution in [0.1, 0.15) is 6.92 Å². The zero-order chi connectivity index (χ0) is 14.2. The molecule has 0 saturated heterocycles. The first-order chi connectivity index (χ1) is 8.84. The molecular formula is C13H14ClNO3S. The van der Waals surface area contributed by atoms with Crippen LogP contribution < -0.4 is 4.74 Å². The van der Waals surface area contributed by atoms with Crippen molar-refractivity contribution in [3.63, 3.8) is 0 Å². The highest BCUT2D eigenvalue weighted by Gasteiger charge is 2.21. The lowest BCUT2D eigenvalue weighted by molar-refractivity contribution is 0.419. The molecule has 4 nitrogen and oxygen atoms in total. The minimum atomic E-state index is -3.84. The number of methoxy groups -OCH3 is 1. The van der Waals surface area contributed by atoms with E-state index in [-0.39, 0.29) is 4.90 Å². The van der Waals surface area contributed by atoms with Crippen LogP contribution in [-0.4, -0.2) is 20.1 Å². The molecule has 0 saturated carbocycles. The Morgan fingerprint density at radius 2 is 2.16 bits per heavy atom. The number of ether oxygens (including phenoxy) is 1. The van der Waals surface area contributed by atoms with Crippen molar-refractivity contribution in [2.75, 3.05) is 7.11 Å². The van der Waals surface area contributed by atoms with Gasteiger partial charge in [-0.15, -0.1) is 0 Å². The first kappa shape index (κ1) is 14.0. The molecule has 0 aliphatic heterocycles. The average Bonchev–Trinajstić information content (AvgIpc) is 2.67. The maximum Gasteiger partial charge on any atom is 0.263 e. The van der Waals surface area contributed by atoms with Crippen LogP contribution in [0.4, 0.5) is 0 Å². The molecule has 0 aliphatic rings. The van der Waals surface area contributed by atoms with Crippen LogP contribution in [0, 0.1) is 0 Å². The van der Waals surface area contributed by atoms with Gasteiger partial charge in [0.05, 0.1) is 18.0 Å². The summed E-state index contributed by atoms with van der Waals surface area (Å²) in [4.78, 5) is 0.0582. The summed E-state index contributed by atoms with van der Waals surface area (Å²) in [5.74, 6) is 0.484. The number of rotatable bonds is 4. The van der Waals surface area contributed by atoms with Gasteiger partial charge in [0.15, 0.2) is 0 Å². The fourth-order valence-electron chi connectivity index (χ4n) is 2.06. The van der Waals surface area contributed by atoms with Crippen LogP contribution >= 0.6 is 10.7 Å². The zero-order valence-corrected chi connectivity index (χ0v) is 12.3.